The third-order valence-electron chi connectivity index (χ3n) is 5.42. The maximum absolute atomic E-state index is 10.2. The average Bonchev–Trinajstić information content (AvgIpc) is 3.25. The summed E-state index contributed by atoms with van der Waals surface area (Å²) in [5.74, 6) is 0.852. The summed E-state index contributed by atoms with van der Waals surface area (Å²) in [5, 5.41) is 18.2. The number of aromatic amines is 2. The summed E-state index contributed by atoms with van der Waals surface area (Å²) in [4.78, 5) is 12.9. The number of nitrogens with one attached hydrogen (secondary N) is 2. The summed E-state index contributed by atoms with van der Waals surface area (Å²) in [5.41, 5.74) is 4.49. The van der Waals surface area contributed by atoms with Crippen molar-refractivity contribution in [1.29, 1.82) is 0 Å². The number of aromatic hydroxyl groups is 1. The van der Waals surface area contributed by atoms with Gasteiger partial charge < -0.3 is 19.9 Å². The average molecular weight is 362 g/mol. The molecule has 2 aromatic heterocycles. The topological polar surface area (TPSA) is 84.1 Å². The Bertz CT molecular complexity index is 1130. The van der Waals surface area contributed by atoms with Gasteiger partial charge in [0.2, 0.25) is 0 Å². The molecule has 3 heterocycles. The largest absolute Gasteiger partial charge is 0.507 e. The lowest BCUT2D eigenvalue weighted by Gasteiger charge is -2.39. The number of H-pyrrole nitrogens is 2. The predicted molar refractivity (Wildman–Crippen MR) is 107 cm³/mol. The van der Waals surface area contributed by atoms with Gasteiger partial charge in [-0.2, -0.15) is 5.10 Å². The molecule has 0 saturated carbocycles. The molecule has 27 heavy (non-hydrogen) atoms. The van der Waals surface area contributed by atoms with Gasteiger partial charge in [0.15, 0.2) is 5.82 Å². The Morgan fingerprint density at radius 2 is 2.04 bits per heavy atom. The number of likely N-dealkylation sites (N-methyl/N-ethyl adjacent to an activating group) is 1. The molecule has 0 spiro atoms. The minimum absolute atomic E-state index is 0.198. The molecule has 0 radical (unpaired) electrons. The number of anilines is 1. The first kappa shape index (κ1) is 16.1. The molecule has 3 N–H and O–H groups in total. The van der Waals surface area contributed by atoms with Crippen molar-refractivity contribution < 1.29 is 5.11 Å². The first-order chi connectivity index (χ1) is 13.1. The molecule has 138 valence electrons. The monoisotopic (exact) mass is 362 g/mol. The Morgan fingerprint density at radius 3 is 2.89 bits per heavy atom. The van der Waals surface area contributed by atoms with Crippen LogP contribution in [0.1, 0.15) is 6.92 Å². The van der Waals surface area contributed by atoms with Crippen LogP contribution in [0, 0.1) is 0 Å². The molecule has 2 aromatic carbocycles. The fourth-order valence-corrected chi connectivity index (χ4v) is 4.04. The van der Waals surface area contributed by atoms with Crippen molar-refractivity contribution in [3.05, 3.63) is 36.4 Å². The highest BCUT2D eigenvalue weighted by Crippen LogP contribution is 2.33. The van der Waals surface area contributed by atoms with Crippen LogP contribution in [0.5, 0.6) is 5.75 Å². The van der Waals surface area contributed by atoms with E-state index >= 15 is 0 Å². The van der Waals surface area contributed by atoms with Gasteiger partial charge in [0.05, 0.1) is 21.9 Å². The van der Waals surface area contributed by atoms with Gasteiger partial charge >= 0.3 is 0 Å². The molecule has 1 fully saturated rings. The Labute approximate surface area is 156 Å². The van der Waals surface area contributed by atoms with E-state index in [9.17, 15) is 5.11 Å². The second-order valence-electron chi connectivity index (χ2n) is 7.36. The van der Waals surface area contributed by atoms with E-state index in [1.54, 1.807) is 12.1 Å². The number of hydrogen-bond donors (Lipinski definition) is 3. The van der Waals surface area contributed by atoms with Crippen LogP contribution < -0.4 is 4.90 Å². The second-order valence-corrected chi connectivity index (χ2v) is 7.36. The number of piperazine rings is 1. The summed E-state index contributed by atoms with van der Waals surface area (Å²) in [6.45, 7) is 5.40. The van der Waals surface area contributed by atoms with Gasteiger partial charge in [-0.25, -0.2) is 4.98 Å². The van der Waals surface area contributed by atoms with Gasteiger partial charge in [-0.1, -0.05) is 6.07 Å². The maximum Gasteiger partial charge on any atom is 0.159 e. The summed E-state index contributed by atoms with van der Waals surface area (Å²) >= 11 is 0. The van der Waals surface area contributed by atoms with Gasteiger partial charge in [-0.05, 0) is 44.3 Å². The van der Waals surface area contributed by atoms with E-state index in [0.717, 1.165) is 36.2 Å². The van der Waals surface area contributed by atoms with Gasteiger partial charge in [0, 0.05) is 31.4 Å². The minimum Gasteiger partial charge on any atom is -0.507 e. The van der Waals surface area contributed by atoms with Crippen LogP contribution in [0.15, 0.2) is 36.4 Å². The number of imidazole rings is 1. The highest BCUT2D eigenvalue weighted by molar-refractivity contribution is 5.97. The molecule has 5 rings (SSSR count). The third kappa shape index (κ3) is 2.62. The second kappa shape index (κ2) is 5.99. The quantitative estimate of drug-likeness (QED) is 0.511. The van der Waals surface area contributed by atoms with Crippen molar-refractivity contribution in [2.75, 3.05) is 31.6 Å². The number of phenols is 1. The normalized spacial score (nSPS) is 18.6. The summed E-state index contributed by atoms with van der Waals surface area (Å²) < 4.78 is 0. The molecule has 0 aliphatic carbocycles. The highest BCUT2D eigenvalue weighted by Gasteiger charge is 2.22. The van der Waals surface area contributed by atoms with Gasteiger partial charge in [0.1, 0.15) is 11.4 Å². The van der Waals surface area contributed by atoms with Crippen LogP contribution in [-0.4, -0.2) is 62.9 Å². The first-order valence-corrected chi connectivity index (χ1v) is 9.21. The SMILES string of the molecule is CC1CN(C)CCN1c1ccc2nc(-c3n[nH]c4cccc(O)c34)[nH]c2c1. The smallest absolute Gasteiger partial charge is 0.159 e. The van der Waals surface area contributed by atoms with E-state index in [1.807, 2.05) is 12.1 Å². The molecule has 1 saturated heterocycles. The zero-order valence-electron chi connectivity index (χ0n) is 15.4. The minimum atomic E-state index is 0.198. The fourth-order valence-electron chi connectivity index (χ4n) is 4.04. The lowest BCUT2D eigenvalue weighted by molar-refractivity contribution is 0.275. The van der Waals surface area contributed by atoms with E-state index in [1.165, 1.54) is 5.69 Å². The molecular formula is C20H22N6O. The van der Waals surface area contributed by atoms with Crippen molar-refractivity contribution in [2.45, 2.75) is 13.0 Å². The Kier molecular flexibility index (Phi) is 3.58. The molecule has 0 bridgehead atoms. The van der Waals surface area contributed by atoms with Crippen LogP contribution in [-0.2, 0) is 0 Å². The molecule has 7 nitrogen and oxygen atoms in total. The Morgan fingerprint density at radius 1 is 1.15 bits per heavy atom. The van der Waals surface area contributed by atoms with Crippen LogP contribution in [0.2, 0.25) is 0 Å². The number of rotatable bonds is 2. The van der Waals surface area contributed by atoms with Gasteiger partial charge in [0.25, 0.3) is 0 Å². The third-order valence-corrected chi connectivity index (χ3v) is 5.42. The molecule has 1 unspecified atom stereocenters. The van der Waals surface area contributed by atoms with Crippen LogP contribution >= 0.6 is 0 Å². The van der Waals surface area contributed by atoms with Crippen molar-refractivity contribution in [3.8, 4) is 17.3 Å². The molecule has 1 atom stereocenters. The molecule has 1 aliphatic rings. The van der Waals surface area contributed by atoms with Crippen molar-refractivity contribution in [1.82, 2.24) is 25.1 Å². The number of aromatic nitrogens is 4. The summed E-state index contributed by atoms with van der Waals surface area (Å²) in [7, 11) is 2.17. The van der Waals surface area contributed by atoms with Crippen LogP contribution in [0.3, 0.4) is 0 Å². The summed E-state index contributed by atoms with van der Waals surface area (Å²) in [6, 6.07) is 12.2. The number of fused-ring (bicyclic) bond motifs is 2. The number of phenolic OH excluding ortho intramolecular Hbond substituents is 1. The van der Waals surface area contributed by atoms with Crippen molar-refractivity contribution in [2.24, 2.45) is 0 Å². The number of hydrogen-bond acceptors (Lipinski definition) is 5. The highest BCUT2D eigenvalue weighted by atomic mass is 16.3. The lowest BCUT2D eigenvalue weighted by atomic mass is 10.1. The van der Waals surface area contributed by atoms with Crippen LogP contribution in [0.4, 0.5) is 5.69 Å². The maximum atomic E-state index is 10.2. The van der Waals surface area contributed by atoms with E-state index in [4.69, 9.17) is 0 Å². The Balaban J connectivity index is 1.56. The lowest BCUT2D eigenvalue weighted by Crippen LogP contribution is -2.50. The van der Waals surface area contributed by atoms with E-state index in [2.05, 4.69) is 56.1 Å². The van der Waals surface area contributed by atoms with E-state index in [0.29, 0.717) is 22.9 Å². The standard InChI is InChI=1S/C20H22N6O/c1-12-11-25(2)8-9-26(12)13-6-7-14-16(10-13)22-20(21-14)19-18-15(23-24-19)4-3-5-17(18)27/h3-7,10,12,27H,8-9,11H2,1-2H3,(H,21,22)(H,23,24). The predicted octanol–water partition coefficient (Wildman–Crippen LogP) is 2.95. The summed E-state index contributed by atoms with van der Waals surface area (Å²) in [6.07, 6.45) is 0. The van der Waals surface area contributed by atoms with E-state index in [-0.39, 0.29) is 5.75 Å². The molecule has 4 aromatic rings. The van der Waals surface area contributed by atoms with E-state index < -0.39 is 0 Å². The van der Waals surface area contributed by atoms with Crippen molar-refractivity contribution in [3.63, 3.8) is 0 Å². The van der Waals surface area contributed by atoms with Crippen LogP contribution in [0.25, 0.3) is 33.5 Å². The number of nitrogens with zero attached hydrogens (tertiary/aromatic N) is 4. The zero-order valence-corrected chi connectivity index (χ0v) is 15.4. The molecule has 1 aliphatic heterocycles. The Hall–Kier alpha value is -3.06. The number of benzene rings is 2. The van der Waals surface area contributed by atoms with Gasteiger partial charge in [-0.15, -0.1) is 0 Å². The van der Waals surface area contributed by atoms with Crippen molar-refractivity contribution >= 4 is 27.6 Å². The zero-order chi connectivity index (χ0) is 18.5. The van der Waals surface area contributed by atoms with Gasteiger partial charge in [-0.3, -0.25) is 5.10 Å². The fraction of sp³-hybridized carbons (Fsp3) is 0.300. The molecule has 7 heteroatoms. The molecular weight excluding hydrogens is 340 g/mol. The molecule has 0 amide bonds. The first-order valence-electron chi connectivity index (χ1n) is 9.21.